The number of benzene rings is 2. The van der Waals surface area contributed by atoms with E-state index in [1.54, 1.807) is 0 Å². The third-order valence-corrected chi connectivity index (χ3v) is 2.18. The summed E-state index contributed by atoms with van der Waals surface area (Å²) in [5, 5.41) is -0.292. The van der Waals surface area contributed by atoms with Gasteiger partial charge >= 0.3 is 0 Å². The van der Waals surface area contributed by atoms with Gasteiger partial charge in [-0.2, -0.15) is 0 Å². The predicted octanol–water partition coefficient (Wildman–Crippen LogP) is 2.42. The molecule has 0 aliphatic carbocycles. The Balaban J connectivity index is 3.00. The average molecular weight is 212 g/mol. The summed E-state index contributed by atoms with van der Waals surface area (Å²) >= 11 is 0. The first kappa shape index (κ1) is 9.64. The number of fused-ring (bicyclic) bond motifs is 1. The van der Waals surface area contributed by atoms with Crippen molar-refractivity contribution in [3.63, 3.8) is 0 Å². The van der Waals surface area contributed by atoms with Crippen molar-refractivity contribution in [1.82, 2.24) is 0 Å². The van der Waals surface area contributed by atoms with Gasteiger partial charge in [-0.15, -0.1) is 0 Å². The zero-order valence-corrected chi connectivity index (χ0v) is 7.52. The molecule has 0 unspecified atom stereocenters. The monoisotopic (exact) mass is 212 g/mol. The van der Waals surface area contributed by atoms with Crippen LogP contribution < -0.4 is 11.5 Å². The van der Waals surface area contributed by atoms with E-state index >= 15 is 0 Å². The van der Waals surface area contributed by atoms with Crippen LogP contribution in [-0.4, -0.2) is 0 Å². The van der Waals surface area contributed by atoms with Crippen LogP contribution in [0.1, 0.15) is 0 Å². The second-order valence-electron chi connectivity index (χ2n) is 3.16. The summed E-state index contributed by atoms with van der Waals surface area (Å²) < 4.78 is 39.8. The highest BCUT2D eigenvalue weighted by molar-refractivity contribution is 5.89. The Kier molecular flexibility index (Phi) is 1.96. The van der Waals surface area contributed by atoms with Gasteiger partial charge < -0.3 is 11.5 Å². The first-order valence-corrected chi connectivity index (χ1v) is 4.13. The van der Waals surface area contributed by atoms with Crippen molar-refractivity contribution in [1.29, 1.82) is 0 Å². The van der Waals surface area contributed by atoms with E-state index < -0.39 is 23.1 Å². The topological polar surface area (TPSA) is 52.0 Å². The third kappa shape index (κ3) is 1.27. The SMILES string of the molecule is Nc1ccc2c(F)c(N)c(F)c(F)c2c1. The number of halogens is 3. The minimum Gasteiger partial charge on any atom is -0.399 e. The molecule has 0 bridgehead atoms. The molecule has 0 aliphatic heterocycles. The first-order valence-electron chi connectivity index (χ1n) is 4.13. The molecule has 0 spiro atoms. The van der Waals surface area contributed by atoms with E-state index in [4.69, 9.17) is 11.5 Å². The molecule has 2 aromatic rings. The van der Waals surface area contributed by atoms with Crippen molar-refractivity contribution in [2.24, 2.45) is 0 Å². The summed E-state index contributed by atoms with van der Waals surface area (Å²) in [5.74, 6) is -3.54. The summed E-state index contributed by atoms with van der Waals surface area (Å²) in [6.45, 7) is 0. The highest BCUT2D eigenvalue weighted by atomic mass is 19.2. The molecule has 15 heavy (non-hydrogen) atoms. The smallest absolute Gasteiger partial charge is 0.185 e. The lowest BCUT2D eigenvalue weighted by Crippen LogP contribution is -2.01. The molecule has 0 saturated carbocycles. The molecular formula is C10H7F3N2. The fourth-order valence-corrected chi connectivity index (χ4v) is 1.41. The molecule has 0 aliphatic rings. The predicted molar refractivity (Wildman–Crippen MR) is 52.6 cm³/mol. The van der Waals surface area contributed by atoms with Crippen molar-refractivity contribution in [2.75, 3.05) is 11.5 Å². The van der Waals surface area contributed by atoms with Crippen molar-refractivity contribution in [2.45, 2.75) is 0 Å². The largest absolute Gasteiger partial charge is 0.399 e. The standard InChI is InChI=1S/C10H7F3N2/c11-7-6-3-4(14)1-2-5(6)8(12)10(15)9(7)13/h1-3H,14-15H2. The van der Waals surface area contributed by atoms with Crippen LogP contribution in [0.5, 0.6) is 0 Å². The van der Waals surface area contributed by atoms with Crippen molar-refractivity contribution in [3.8, 4) is 0 Å². The van der Waals surface area contributed by atoms with Crippen LogP contribution in [-0.2, 0) is 0 Å². The number of anilines is 2. The maximum atomic E-state index is 13.4. The quantitative estimate of drug-likeness (QED) is 0.520. The second kappa shape index (κ2) is 3.05. The third-order valence-electron chi connectivity index (χ3n) is 2.18. The van der Waals surface area contributed by atoms with Crippen molar-refractivity contribution < 1.29 is 13.2 Å². The minimum atomic E-state index is -1.38. The lowest BCUT2D eigenvalue weighted by Gasteiger charge is -2.06. The van der Waals surface area contributed by atoms with Gasteiger partial charge in [0.2, 0.25) is 0 Å². The molecule has 2 rings (SSSR count). The van der Waals surface area contributed by atoms with Gasteiger partial charge in [0.1, 0.15) is 5.69 Å². The molecule has 2 aromatic carbocycles. The highest BCUT2D eigenvalue weighted by Gasteiger charge is 2.17. The second-order valence-corrected chi connectivity index (χ2v) is 3.16. The van der Waals surface area contributed by atoms with Crippen LogP contribution >= 0.6 is 0 Å². The Labute approximate surface area is 83.3 Å². The molecule has 5 heteroatoms. The maximum absolute atomic E-state index is 13.4. The molecule has 78 valence electrons. The summed E-state index contributed by atoms with van der Waals surface area (Å²) in [6, 6.07) is 3.82. The number of nitrogens with two attached hydrogens (primary N) is 2. The summed E-state index contributed by atoms with van der Waals surface area (Å²) in [6.07, 6.45) is 0. The molecule has 0 heterocycles. The summed E-state index contributed by atoms with van der Waals surface area (Å²) in [4.78, 5) is 0. The Hall–Kier alpha value is -1.91. The van der Waals surface area contributed by atoms with E-state index in [0.29, 0.717) is 0 Å². The van der Waals surface area contributed by atoms with E-state index in [2.05, 4.69) is 0 Å². The number of nitrogen functional groups attached to an aromatic ring is 2. The normalized spacial score (nSPS) is 10.9. The van der Waals surface area contributed by atoms with Crippen LogP contribution in [0, 0.1) is 17.5 Å². The fourth-order valence-electron chi connectivity index (χ4n) is 1.41. The van der Waals surface area contributed by atoms with Gasteiger partial charge in [-0.1, -0.05) is 0 Å². The van der Waals surface area contributed by atoms with Gasteiger partial charge in [0, 0.05) is 16.5 Å². The van der Waals surface area contributed by atoms with Gasteiger partial charge in [-0.25, -0.2) is 13.2 Å². The zero-order valence-electron chi connectivity index (χ0n) is 7.52. The van der Waals surface area contributed by atoms with E-state index in [-0.39, 0.29) is 16.5 Å². The Morgan fingerprint density at radius 3 is 2.13 bits per heavy atom. The van der Waals surface area contributed by atoms with E-state index in [9.17, 15) is 13.2 Å². The van der Waals surface area contributed by atoms with Crippen LogP contribution in [0.3, 0.4) is 0 Å². The van der Waals surface area contributed by atoms with E-state index in [1.807, 2.05) is 0 Å². The Morgan fingerprint density at radius 1 is 0.800 bits per heavy atom. The fraction of sp³-hybridized carbons (Fsp3) is 0. The number of hydrogen-bond acceptors (Lipinski definition) is 2. The average Bonchev–Trinajstić information content (AvgIpc) is 2.23. The lowest BCUT2D eigenvalue weighted by atomic mass is 10.1. The molecule has 0 amide bonds. The van der Waals surface area contributed by atoms with Crippen molar-refractivity contribution >= 4 is 22.1 Å². The number of hydrogen-bond donors (Lipinski definition) is 2. The van der Waals surface area contributed by atoms with Crippen LogP contribution in [0.2, 0.25) is 0 Å². The van der Waals surface area contributed by atoms with Crippen LogP contribution in [0.15, 0.2) is 18.2 Å². The van der Waals surface area contributed by atoms with Gasteiger partial charge in [0.25, 0.3) is 0 Å². The van der Waals surface area contributed by atoms with Gasteiger partial charge in [-0.05, 0) is 18.2 Å². The molecule has 0 fully saturated rings. The van der Waals surface area contributed by atoms with Gasteiger partial charge in [0.15, 0.2) is 17.5 Å². The lowest BCUT2D eigenvalue weighted by molar-refractivity contribution is 0.511. The van der Waals surface area contributed by atoms with Gasteiger partial charge in [0.05, 0.1) is 0 Å². The molecular weight excluding hydrogens is 205 g/mol. The minimum absolute atomic E-state index is 0.0828. The van der Waals surface area contributed by atoms with Crippen LogP contribution in [0.25, 0.3) is 10.8 Å². The van der Waals surface area contributed by atoms with Crippen molar-refractivity contribution in [3.05, 3.63) is 35.7 Å². The molecule has 0 saturated heterocycles. The summed E-state index contributed by atoms with van der Waals surface area (Å²) in [7, 11) is 0. The molecule has 0 atom stereocenters. The zero-order chi connectivity index (χ0) is 11.2. The van der Waals surface area contributed by atoms with Crippen LogP contribution in [0.4, 0.5) is 24.5 Å². The first-order chi connectivity index (χ1) is 7.02. The molecule has 0 aromatic heterocycles. The van der Waals surface area contributed by atoms with E-state index in [0.717, 1.165) is 6.07 Å². The Morgan fingerprint density at radius 2 is 1.47 bits per heavy atom. The Bertz CT molecular complexity index is 552. The molecule has 2 nitrogen and oxygen atoms in total. The summed E-state index contributed by atoms with van der Waals surface area (Å²) in [5.41, 5.74) is 9.87. The highest BCUT2D eigenvalue weighted by Crippen LogP contribution is 2.30. The number of rotatable bonds is 0. The molecule has 0 radical (unpaired) electrons. The van der Waals surface area contributed by atoms with Gasteiger partial charge in [-0.3, -0.25) is 0 Å². The molecule has 4 N–H and O–H groups in total. The maximum Gasteiger partial charge on any atom is 0.185 e. The van der Waals surface area contributed by atoms with E-state index in [1.165, 1.54) is 12.1 Å².